The van der Waals surface area contributed by atoms with Crippen molar-refractivity contribution in [3.05, 3.63) is 17.1 Å². The van der Waals surface area contributed by atoms with Crippen LogP contribution in [0, 0.1) is 13.8 Å². The summed E-state index contributed by atoms with van der Waals surface area (Å²) in [6, 6.07) is 0. The average Bonchev–Trinajstić information content (AvgIpc) is 2.78. The first-order chi connectivity index (χ1) is 9.06. The van der Waals surface area contributed by atoms with Crippen molar-refractivity contribution in [1.29, 1.82) is 0 Å². The highest BCUT2D eigenvalue weighted by Crippen LogP contribution is 2.32. The monoisotopic (exact) mass is 303 g/mol. The largest absolute Gasteiger partial charge is 0.478 e. The van der Waals surface area contributed by atoms with Crippen LogP contribution in [0.3, 0.4) is 0 Å². The predicted molar refractivity (Wildman–Crippen MR) is 69.1 cm³/mol. The molecule has 0 bridgehead atoms. The zero-order valence-corrected chi connectivity index (χ0v) is 12.3. The first-order valence-electron chi connectivity index (χ1n) is 6.12. The molecule has 0 amide bonds. The van der Waals surface area contributed by atoms with Crippen molar-refractivity contribution in [2.45, 2.75) is 37.7 Å². The molecule has 2 heterocycles. The summed E-state index contributed by atoms with van der Waals surface area (Å²) in [5.74, 6) is -1.24. The SMILES string of the molecule is Cc1oc(C)c(S(=O)(=O)N2CCC(C)(O)C2)c1C(=O)O. The molecule has 0 spiro atoms. The molecule has 0 radical (unpaired) electrons. The van der Waals surface area contributed by atoms with Gasteiger partial charge in [-0.05, 0) is 27.2 Å². The average molecular weight is 303 g/mol. The highest BCUT2D eigenvalue weighted by atomic mass is 32.2. The molecule has 1 aromatic rings. The second-order valence-electron chi connectivity index (χ2n) is 5.31. The summed E-state index contributed by atoms with van der Waals surface area (Å²) in [4.78, 5) is 10.9. The van der Waals surface area contributed by atoms with Crippen LogP contribution in [-0.4, -0.2) is 47.6 Å². The van der Waals surface area contributed by atoms with E-state index < -0.39 is 21.6 Å². The van der Waals surface area contributed by atoms with Gasteiger partial charge in [-0.25, -0.2) is 13.2 Å². The van der Waals surface area contributed by atoms with E-state index in [4.69, 9.17) is 4.42 Å². The standard InChI is InChI=1S/C12H17NO6S/c1-7-9(11(14)15)10(8(2)19-7)20(17,18)13-5-4-12(3,16)6-13/h16H,4-6H2,1-3H3,(H,14,15). The highest BCUT2D eigenvalue weighted by Gasteiger charge is 2.42. The molecule has 1 saturated heterocycles. The van der Waals surface area contributed by atoms with Crippen molar-refractivity contribution in [3.8, 4) is 0 Å². The smallest absolute Gasteiger partial charge is 0.340 e. The number of hydrogen-bond donors (Lipinski definition) is 2. The van der Waals surface area contributed by atoms with Crippen LogP contribution in [0.2, 0.25) is 0 Å². The van der Waals surface area contributed by atoms with E-state index >= 15 is 0 Å². The van der Waals surface area contributed by atoms with Crippen molar-refractivity contribution in [2.75, 3.05) is 13.1 Å². The summed E-state index contributed by atoms with van der Waals surface area (Å²) >= 11 is 0. The van der Waals surface area contributed by atoms with Crippen molar-refractivity contribution in [1.82, 2.24) is 4.31 Å². The number of aromatic carboxylic acids is 1. The predicted octanol–water partition coefficient (Wildman–Crippen LogP) is 0.740. The van der Waals surface area contributed by atoms with Gasteiger partial charge in [-0.15, -0.1) is 0 Å². The maximum atomic E-state index is 12.6. The maximum Gasteiger partial charge on any atom is 0.340 e. The fourth-order valence-electron chi connectivity index (χ4n) is 2.46. The van der Waals surface area contributed by atoms with Gasteiger partial charge in [0, 0.05) is 13.1 Å². The lowest BCUT2D eigenvalue weighted by atomic mass is 10.1. The van der Waals surface area contributed by atoms with Crippen molar-refractivity contribution >= 4 is 16.0 Å². The van der Waals surface area contributed by atoms with Gasteiger partial charge in [0.25, 0.3) is 0 Å². The lowest BCUT2D eigenvalue weighted by Gasteiger charge is -2.18. The fourth-order valence-corrected chi connectivity index (χ4v) is 4.39. The molecule has 1 aliphatic heterocycles. The molecule has 1 aromatic heterocycles. The van der Waals surface area contributed by atoms with Gasteiger partial charge < -0.3 is 14.6 Å². The van der Waals surface area contributed by atoms with Gasteiger partial charge in [-0.3, -0.25) is 0 Å². The van der Waals surface area contributed by atoms with E-state index in [0.717, 1.165) is 4.31 Å². The minimum atomic E-state index is -4.00. The Hall–Kier alpha value is -1.38. The molecule has 0 saturated carbocycles. The molecular weight excluding hydrogens is 286 g/mol. The Labute approximate surface area is 116 Å². The Morgan fingerprint density at radius 3 is 2.40 bits per heavy atom. The summed E-state index contributed by atoms with van der Waals surface area (Å²) in [6.45, 7) is 4.47. The summed E-state index contributed by atoms with van der Waals surface area (Å²) in [6.07, 6.45) is 0.310. The molecule has 1 unspecified atom stereocenters. The molecule has 8 heteroatoms. The van der Waals surface area contributed by atoms with Crippen LogP contribution in [0.25, 0.3) is 0 Å². The van der Waals surface area contributed by atoms with Gasteiger partial charge >= 0.3 is 5.97 Å². The number of rotatable bonds is 3. The summed E-state index contributed by atoms with van der Waals surface area (Å²) in [5.41, 5.74) is -1.43. The maximum absolute atomic E-state index is 12.6. The van der Waals surface area contributed by atoms with Crippen LogP contribution in [-0.2, 0) is 10.0 Å². The second kappa shape index (κ2) is 4.57. The molecular formula is C12H17NO6S. The molecule has 2 N–H and O–H groups in total. The Kier molecular flexibility index (Phi) is 3.43. The lowest BCUT2D eigenvalue weighted by molar-refractivity contribution is 0.0691. The van der Waals surface area contributed by atoms with Crippen molar-refractivity contribution < 1.29 is 27.8 Å². The molecule has 1 fully saturated rings. The molecule has 112 valence electrons. The van der Waals surface area contributed by atoms with Gasteiger partial charge in [0.15, 0.2) is 0 Å². The van der Waals surface area contributed by atoms with Crippen molar-refractivity contribution in [2.24, 2.45) is 0 Å². The van der Waals surface area contributed by atoms with Crippen LogP contribution in [0.5, 0.6) is 0 Å². The number of furan rings is 1. The van der Waals surface area contributed by atoms with E-state index in [-0.39, 0.29) is 35.1 Å². The molecule has 2 rings (SSSR count). The Bertz CT molecular complexity index is 658. The summed E-state index contributed by atoms with van der Waals surface area (Å²) in [5, 5.41) is 19.1. The van der Waals surface area contributed by atoms with E-state index in [1.54, 1.807) is 6.92 Å². The number of carboxylic acid groups (broad SMARTS) is 1. The highest BCUT2D eigenvalue weighted by molar-refractivity contribution is 7.89. The van der Waals surface area contributed by atoms with Crippen LogP contribution in [0.1, 0.15) is 35.2 Å². The topological polar surface area (TPSA) is 108 Å². The van der Waals surface area contributed by atoms with E-state index in [1.807, 2.05) is 0 Å². The number of sulfonamides is 1. The minimum absolute atomic E-state index is 0.0476. The second-order valence-corrected chi connectivity index (χ2v) is 7.18. The van der Waals surface area contributed by atoms with Gasteiger partial charge in [0.1, 0.15) is 22.0 Å². The van der Waals surface area contributed by atoms with Gasteiger partial charge in [-0.2, -0.15) is 4.31 Å². The van der Waals surface area contributed by atoms with E-state index in [9.17, 15) is 23.4 Å². The van der Waals surface area contributed by atoms with Crippen LogP contribution < -0.4 is 0 Å². The first-order valence-corrected chi connectivity index (χ1v) is 7.56. The Morgan fingerprint density at radius 2 is 1.95 bits per heavy atom. The third-order valence-electron chi connectivity index (χ3n) is 3.43. The van der Waals surface area contributed by atoms with Gasteiger partial charge in [0.2, 0.25) is 10.0 Å². The van der Waals surface area contributed by atoms with E-state index in [1.165, 1.54) is 13.8 Å². The number of carboxylic acids is 1. The van der Waals surface area contributed by atoms with Gasteiger partial charge in [0.05, 0.1) is 5.60 Å². The quantitative estimate of drug-likeness (QED) is 0.852. The number of carbonyl (C=O) groups is 1. The number of β-amino-alcohol motifs (C(OH)–C–C–N with tert-alkyl or cyclic N) is 1. The Balaban J connectivity index is 2.54. The molecule has 0 aromatic carbocycles. The zero-order valence-electron chi connectivity index (χ0n) is 11.5. The number of hydrogen-bond acceptors (Lipinski definition) is 5. The molecule has 7 nitrogen and oxygen atoms in total. The number of aryl methyl sites for hydroxylation is 2. The Morgan fingerprint density at radius 1 is 1.35 bits per heavy atom. The summed E-state index contributed by atoms with van der Waals surface area (Å²) < 4.78 is 31.4. The molecule has 0 aliphatic carbocycles. The lowest BCUT2D eigenvalue weighted by Crippen LogP contribution is -2.34. The third kappa shape index (κ3) is 2.34. The van der Waals surface area contributed by atoms with Crippen LogP contribution >= 0.6 is 0 Å². The zero-order chi connectivity index (χ0) is 15.3. The first kappa shape index (κ1) is 15.0. The molecule has 20 heavy (non-hydrogen) atoms. The van der Waals surface area contributed by atoms with E-state index in [2.05, 4.69) is 0 Å². The van der Waals surface area contributed by atoms with Crippen molar-refractivity contribution in [3.63, 3.8) is 0 Å². The summed E-state index contributed by atoms with van der Waals surface area (Å²) in [7, 11) is -4.00. The number of nitrogens with zero attached hydrogens (tertiary/aromatic N) is 1. The van der Waals surface area contributed by atoms with Crippen LogP contribution in [0.4, 0.5) is 0 Å². The number of aliphatic hydroxyl groups is 1. The third-order valence-corrected chi connectivity index (χ3v) is 5.43. The van der Waals surface area contributed by atoms with Gasteiger partial charge in [-0.1, -0.05) is 0 Å². The van der Waals surface area contributed by atoms with E-state index in [0.29, 0.717) is 6.42 Å². The fraction of sp³-hybridized carbons (Fsp3) is 0.583. The van der Waals surface area contributed by atoms with Crippen LogP contribution in [0.15, 0.2) is 9.31 Å². The molecule has 1 aliphatic rings. The molecule has 1 atom stereocenters. The minimum Gasteiger partial charge on any atom is -0.478 e. The normalized spacial score (nSPS) is 24.2.